The van der Waals surface area contributed by atoms with Crippen molar-refractivity contribution < 1.29 is 19.0 Å². The van der Waals surface area contributed by atoms with Crippen molar-refractivity contribution in [1.29, 1.82) is 0 Å². The molecule has 0 aliphatic carbocycles. The summed E-state index contributed by atoms with van der Waals surface area (Å²) in [4.78, 5) is 15.6. The predicted octanol–water partition coefficient (Wildman–Crippen LogP) is 4.07. The van der Waals surface area contributed by atoms with Crippen molar-refractivity contribution in [2.24, 2.45) is 0 Å². The van der Waals surface area contributed by atoms with Crippen molar-refractivity contribution >= 4 is 17.4 Å². The van der Waals surface area contributed by atoms with Crippen LogP contribution in [0.25, 0.3) is 0 Å². The first-order chi connectivity index (χ1) is 12.5. The van der Waals surface area contributed by atoms with Crippen LogP contribution in [0.2, 0.25) is 0 Å². The lowest BCUT2D eigenvalue weighted by Crippen LogP contribution is -2.40. The third-order valence-electron chi connectivity index (χ3n) is 4.12. The van der Waals surface area contributed by atoms with Gasteiger partial charge in [-0.3, -0.25) is 0 Å². The van der Waals surface area contributed by atoms with Gasteiger partial charge in [0.2, 0.25) is 5.75 Å². The minimum absolute atomic E-state index is 0.109. The van der Waals surface area contributed by atoms with Crippen molar-refractivity contribution in [2.45, 2.75) is 26.4 Å². The van der Waals surface area contributed by atoms with Crippen molar-refractivity contribution in [2.75, 3.05) is 27.9 Å². The van der Waals surface area contributed by atoms with Gasteiger partial charge < -0.3 is 24.4 Å². The van der Waals surface area contributed by atoms with Gasteiger partial charge in [0, 0.05) is 11.4 Å². The van der Waals surface area contributed by atoms with Crippen LogP contribution in [0.4, 0.5) is 4.79 Å². The number of amides is 2. The second kappa shape index (κ2) is 9.33. The van der Waals surface area contributed by atoms with Gasteiger partial charge in [0.1, 0.15) is 0 Å². The van der Waals surface area contributed by atoms with E-state index in [0.717, 1.165) is 10.4 Å². The van der Waals surface area contributed by atoms with Crippen LogP contribution in [0.3, 0.4) is 0 Å². The molecule has 1 N–H and O–H groups in total. The molecule has 1 heterocycles. The standard InChI is InChI=1S/C19H26N2O4S/c1-6-21(12-15-8-7-9-26-15)19(22)20-13(2)14-10-16(23-3)18(25-5)17(11-14)24-4/h7-11,13H,6,12H2,1-5H3,(H,20,22). The Kier molecular flexibility index (Phi) is 7.15. The van der Waals surface area contributed by atoms with E-state index in [4.69, 9.17) is 14.2 Å². The molecule has 0 radical (unpaired) electrons. The number of nitrogens with zero attached hydrogens (tertiary/aromatic N) is 1. The summed E-state index contributed by atoms with van der Waals surface area (Å²) in [6, 6.07) is 7.40. The quantitative estimate of drug-likeness (QED) is 0.752. The van der Waals surface area contributed by atoms with Crippen molar-refractivity contribution in [1.82, 2.24) is 10.2 Å². The minimum Gasteiger partial charge on any atom is -0.493 e. The van der Waals surface area contributed by atoms with Gasteiger partial charge in [0.15, 0.2) is 11.5 Å². The fourth-order valence-electron chi connectivity index (χ4n) is 2.63. The first-order valence-electron chi connectivity index (χ1n) is 8.41. The fraction of sp³-hybridized carbons (Fsp3) is 0.421. The highest BCUT2D eigenvalue weighted by Crippen LogP contribution is 2.39. The number of urea groups is 1. The van der Waals surface area contributed by atoms with E-state index in [1.54, 1.807) is 37.6 Å². The Labute approximate surface area is 158 Å². The van der Waals surface area contributed by atoms with Crippen LogP contribution in [-0.2, 0) is 6.54 Å². The van der Waals surface area contributed by atoms with Crippen LogP contribution < -0.4 is 19.5 Å². The SMILES string of the molecule is CCN(Cc1cccs1)C(=O)NC(C)c1cc(OC)c(OC)c(OC)c1. The van der Waals surface area contributed by atoms with E-state index < -0.39 is 0 Å². The van der Waals surface area contributed by atoms with Crippen LogP contribution in [-0.4, -0.2) is 38.8 Å². The molecule has 2 aromatic rings. The molecule has 26 heavy (non-hydrogen) atoms. The minimum atomic E-state index is -0.214. The highest BCUT2D eigenvalue weighted by Gasteiger charge is 2.20. The van der Waals surface area contributed by atoms with E-state index in [-0.39, 0.29) is 12.1 Å². The molecule has 1 aromatic heterocycles. The highest BCUT2D eigenvalue weighted by atomic mass is 32.1. The van der Waals surface area contributed by atoms with Gasteiger partial charge >= 0.3 is 6.03 Å². The lowest BCUT2D eigenvalue weighted by atomic mass is 10.1. The zero-order valence-corrected chi connectivity index (χ0v) is 16.7. The molecule has 0 saturated heterocycles. The van der Waals surface area contributed by atoms with Crippen LogP contribution in [0.5, 0.6) is 17.2 Å². The predicted molar refractivity (Wildman–Crippen MR) is 103 cm³/mol. The van der Waals surface area contributed by atoms with Gasteiger partial charge in [-0.1, -0.05) is 6.07 Å². The maximum atomic E-state index is 12.6. The second-order valence-corrected chi connectivity index (χ2v) is 6.76. The molecule has 0 fully saturated rings. The van der Waals surface area contributed by atoms with E-state index in [1.165, 1.54) is 0 Å². The molecule has 1 aromatic carbocycles. The van der Waals surface area contributed by atoms with Crippen LogP contribution in [0.1, 0.15) is 30.3 Å². The molecule has 2 rings (SSSR count). The monoisotopic (exact) mass is 378 g/mol. The number of hydrogen-bond acceptors (Lipinski definition) is 5. The van der Waals surface area contributed by atoms with E-state index in [0.29, 0.717) is 30.3 Å². The van der Waals surface area contributed by atoms with Gasteiger partial charge in [-0.05, 0) is 43.0 Å². The van der Waals surface area contributed by atoms with Crippen molar-refractivity contribution in [3.05, 3.63) is 40.1 Å². The maximum Gasteiger partial charge on any atom is 0.318 e. The molecule has 1 atom stereocenters. The van der Waals surface area contributed by atoms with Crippen LogP contribution >= 0.6 is 11.3 Å². The molecule has 0 aliphatic heterocycles. The normalized spacial score (nSPS) is 11.6. The van der Waals surface area contributed by atoms with E-state index in [1.807, 2.05) is 43.5 Å². The summed E-state index contributed by atoms with van der Waals surface area (Å²) in [5, 5.41) is 5.05. The van der Waals surface area contributed by atoms with Crippen LogP contribution in [0.15, 0.2) is 29.6 Å². The van der Waals surface area contributed by atoms with E-state index >= 15 is 0 Å². The molecular formula is C19H26N2O4S. The van der Waals surface area contributed by atoms with Gasteiger partial charge in [-0.15, -0.1) is 11.3 Å². The van der Waals surface area contributed by atoms with Crippen molar-refractivity contribution in [3.63, 3.8) is 0 Å². The molecular weight excluding hydrogens is 352 g/mol. The maximum absolute atomic E-state index is 12.6. The summed E-state index contributed by atoms with van der Waals surface area (Å²) in [7, 11) is 4.71. The Morgan fingerprint density at radius 2 is 1.85 bits per heavy atom. The van der Waals surface area contributed by atoms with Gasteiger partial charge in [0.25, 0.3) is 0 Å². The number of nitrogens with one attached hydrogen (secondary N) is 1. The highest BCUT2D eigenvalue weighted by molar-refractivity contribution is 7.09. The first kappa shape index (κ1) is 19.9. The molecule has 1 unspecified atom stereocenters. The molecule has 7 heteroatoms. The summed E-state index contributed by atoms with van der Waals surface area (Å²) < 4.78 is 16.1. The lowest BCUT2D eigenvalue weighted by Gasteiger charge is -2.24. The van der Waals surface area contributed by atoms with E-state index in [2.05, 4.69) is 5.32 Å². The molecule has 2 amide bonds. The molecule has 0 spiro atoms. The Morgan fingerprint density at radius 3 is 2.31 bits per heavy atom. The summed E-state index contributed by atoms with van der Waals surface area (Å²) in [6.07, 6.45) is 0. The number of benzene rings is 1. The summed E-state index contributed by atoms with van der Waals surface area (Å²) >= 11 is 1.64. The molecule has 0 bridgehead atoms. The topological polar surface area (TPSA) is 60.0 Å². The number of carbonyl (C=O) groups is 1. The van der Waals surface area contributed by atoms with Gasteiger partial charge in [-0.25, -0.2) is 4.79 Å². The van der Waals surface area contributed by atoms with E-state index in [9.17, 15) is 4.79 Å². The smallest absolute Gasteiger partial charge is 0.318 e. The van der Waals surface area contributed by atoms with Gasteiger partial charge in [-0.2, -0.15) is 0 Å². The zero-order valence-electron chi connectivity index (χ0n) is 15.9. The third-order valence-corrected chi connectivity index (χ3v) is 4.98. The summed E-state index contributed by atoms with van der Waals surface area (Å²) in [5.74, 6) is 1.66. The Morgan fingerprint density at radius 1 is 1.19 bits per heavy atom. The van der Waals surface area contributed by atoms with Crippen LogP contribution in [0, 0.1) is 0 Å². The van der Waals surface area contributed by atoms with Gasteiger partial charge in [0.05, 0.1) is 33.9 Å². The second-order valence-electron chi connectivity index (χ2n) is 5.72. The number of carbonyl (C=O) groups excluding carboxylic acids is 1. The lowest BCUT2D eigenvalue weighted by molar-refractivity contribution is 0.195. The molecule has 142 valence electrons. The average Bonchev–Trinajstić information content (AvgIpc) is 3.17. The fourth-order valence-corrected chi connectivity index (χ4v) is 3.35. The number of hydrogen-bond donors (Lipinski definition) is 1. The third kappa shape index (κ3) is 4.60. The molecule has 0 saturated carbocycles. The number of ether oxygens (including phenoxy) is 3. The Balaban J connectivity index is 2.15. The number of rotatable bonds is 8. The molecule has 6 nitrogen and oxygen atoms in total. The number of methoxy groups -OCH3 is 3. The molecule has 0 aliphatic rings. The first-order valence-corrected chi connectivity index (χ1v) is 9.29. The zero-order chi connectivity index (χ0) is 19.1. The summed E-state index contributed by atoms with van der Waals surface area (Å²) in [5.41, 5.74) is 0.875. The number of thiophene rings is 1. The Bertz CT molecular complexity index is 693. The summed E-state index contributed by atoms with van der Waals surface area (Å²) in [6.45, 7) is 5.13. The Hall–Kier alpha value is -2.41. The largest absolute Gasteiger partial charge is 0.493 e. The average molecular weight is 378 g/mol. The van der Waals surface area contributed by atoms with Crippen molar-refractivity contribution in [3.8, 4) is 17.2 Å².